The molecule has 1 atom stereocenters. The van der Waals surface area contributed by atoms with E-state index in [0.29, 0.717) is 10.6 Å². The average Bonchev–Trinajstić information content (AvgIpc) is 2.44. The van der Waals surface area contributed by atoms with Gasteiger partial charge >= 0.3 is 18.0 Å². The standard InChI is InChI=1S/C14H16ClNO6/c1-9(17)21-8-22-14(20)16-7-6-12(13(18)19)10-2-4-11(15)5-3-10/h2-5,12H,6-8H2,1H3,(H,16,20)(H,18,19). The van der Waals surface area contributed by atoms with Crippen molar-refractivity contribution in [3.8, 4) is 0 Å². The Morgan fingerprint density at radius 2 is 1.86 bits per heavy atom. The number of esters is 1. The number of carboxylic acid groups (broad SMARTS) is 1. The molecule has 0 saturated carbocycles. The SMILES string of the molecule is CC(=O)OCOC(=O)NCCC(C(=O)O)c1ccc(Cl)cc1. The van der Waals surface area contributed by atoms with Crippen molar-refractivity contribution in [1.82, 2.24) is 5.32 Å². The first kappa shape index (κ1) is 17.8. The molecule has 0 spiro atoms. The van der Waals surface area contributed by atoms with Crippen molar-refractivity contribution in [2.45, 2.75) is 19.3 Å². The van der Waals surface area contributed by atoms with Crippen LogP contribution in [-0.4, -0.2) is 36.5 Å². The maximum Gasteiger partial charge on any atom is 0.410 e. The fourth-order valence-electron chi connectivity index (χ4n) is 1.66. The second-order valence-electron chi connectivity index (χ2n) is 4.34. The van der Waals surface area contributed by atoms with Crippen molar-refractivity contribution in [1.29, 1.82) is 0 Å². The molecule has 1 aromatic rings. The summed E-state index contributed by atoms with van der Waals surface area (Å²) in [5.41, 5.74) is 0.590. The van der Waals surface area contributed by atoms with Crippen LogP contribution < -0.4 is 5.32 Å². The number of carboxylic acids is 1. The highest BCUT2D eigenvalue weighted by Crippen LogP contribution is 2.21. The number of alkyl carbamates (subject to hydrolysis) is 1. The van der Waals surface area contributed by atoms with Crippen LogP contribution in [-0.2, 0) is 19.1 Å². The fraction of sp³-hybridized carbons (Fsp3) is 0.357. The van der Waals surface area contributed by atoms with Crippen LogP contribution in [0.5, 0.6) is 0 Å². The van der Waals surface area contributed by atoms with Crippen LogP contribution in [0.15, 0.2) is 24.3 Å². The third kappa shape index (κ3) is 6.45. The van der Waals surface area contributed by atoms with Crippen LogP contribution in [0, 0.1) is 0 Å². The minimum atomic E-state index is -1.00. The molecule has 0 bridgehead atoms. The lowest BCUT2D eigenvalue weighted by molar-refractivity contribution is -0.149. The molecule has 0 aromatic heterocycles. The third-order valence-electron chi connectivity index (χ3n) is 2.73. The van der Waals surface area contributed by atoms with E-state index in [1.54, 1.807) is 24.3 Å². The summed E-state index contributed by atoms with van der Waals surface area (Å²) >= 11 is 5.76. The predicted octanol–water partition coefficient (Wildman–Crippen LogP) is 2.15. The average molecular weight is 330 g/mol. The summed E-state index contributed by atoms with van der Waals surface area (Å²) in [5.74, 6) is -2.34. The Balaban J connectivity index is 2.42. The second-order valence-corrected chi connectivity index (χ2v) is 4.78. The van der Waals surface area contributed by atoms with Gasteiger partial charge in [0.15, 0.2) is 0 Å². The molecule has 0 radical (unpaired) electrons. The van der Waals surface area contributed by atoms with Crippen molar-refractivity contribution in [2.75, 3.05) is 13.3 Å². The van der Waals surface area contributed by atoms with Gasteiger partial charge in [-0.1, -0.05) is 23.7 Å². The molecule has 0 aliphatic heterocycles. The normalized spacial score (nSPS) is 11.4. The van der Waals surface area contributed by atoms with Gasteiger partial charge in [-0.05, 0) is 24.1 Å². The van der Waals surface area contributed by atoms with Gasteiger partial charge in [0.05, 0.1) is 5.92 Å². The van der Waals surface area contributed by atoms with Crippen LogP contribution in [0.25, 0.3) is 0 Å². The highest BCUT2D eigenvalue weighted by molar-refractivity contribution is 6.30. The molecule has 0 aliphatic rings. The molecule has 1 rings (SSSR count). The van der Waals surface area contributed by atoms with Crippen LogP contribution in [0.3, 0.4) is 0 Å². The van der Waals surface area contributed by atoms with Gasteiger partial charge in [-0.3, -0.25) is 9.59 Å². The molecular formula is C14H16ClNO6. The maximum absolute atomic E-state index is 11.3. The second kappa shape index (κ2) is 8.89. The van der Waals surface area contributed by atoms with Gasteiger partial charge < -0.3 is 19.9 Å². The Kier molecular flexibility index (Phi) is 7.18. The van der Waals surface area contributed by atoms with E-state index in [0.717, 1.165) is 0 Å². The van der Waals surface area contributed by atoms with Crippen LogP contribution in [0.4, 0.5) is 4.79 Å². The first-order valence-electron chi connectivity index (χ1n) is 6.42. The molecule has 8 heteroatoms. The Bertz CT molecular complexity index is 531. The lowest BCUT2D eigenvalue weighted by Gasteiger charge is -2.13. The summed E-state index contributed by atoms with van der Waals surface area (Å²) in [4.78, 5) is 33.0. The smallest absolute Gasteiger partial charge is 0.410 e. The Hall–Kier alpha value is -2.28. The van der Waals surface area contributed by atoms with E-state index in [1.807, 2.05) is 0 Å². The summed E-state index contributed by atoms with van der Waals surface area (Å²) in [6, 6.07) is 6.46. The first-order chi connectivity index (χ1) is 10.4. The molecule has 0 saturated heterocycles. The molecule has 7 nitrogen and oxygen atoms in total. The van der Waals surface area contributed by atoms with Gasteiger partial charge in [0.2, 0.25) is 6.79 Å². The van der Waals surface area contributed by atoms with E-state index >= 15 is 0 Å². The quantitative estimate of drug-likeness (QED) is 0.587. The van der Waals surface area contributed by atoms with Crippen LogP contribution >= 0.6 is 11.6 Å². The number of ether oxygens (including phenoxy) is 2. The summed E-state index contributed by atoms with van der Waals surface area (Å²) in [6.45, 7) is 0.796. The Morgan fingerprint density at radius 3 is 2.41 bits per heavy atom. The lowest BCUT2D eigenvalue weighted by atomic mass is 9.96. The van der Waals surface area contributed by atoms with Gasteiger partial charge in [0.1, 0.15) is 0 Å². The molecule has 0 aliphatic carbocycles. The number of nitrogens with one attached hydrogen (secondary N) is 1. The van der Waals surface area contributed by atoms with Crippen molar-refractivity contribution in [3.63, 3.8) is 0 Å². The lowest BCUT2D eigenvalue weighted by Crippen LogP contribution is -2.28. The number of aliphatic carboxylic acids is 1. The number of carbonyl (C=O) groups is 3. The number of hydrogen-bond donors (Lipinski definition) is 2. The number of rotatable bonds is 7. The first-order valence-corrected chi connectivity index (χ1v) is 6.80. The number of hydrogen-bond acceptors (Lipinski definition) is 5. The summed E-state index contributed by atoms with van der Waals surface area (Å²) in [5, 5.41) is 12.1. The van der Waals surface area contributed by atoms with Gasteiger partial charge in [0.25, 0.3) is 0 Å². The van der Waals surface area contributed by atoms with E-state index in [1.165, 1.54) is 6.92 Å². The van der Waals surface area contributed by atoms with Crippen molar-refractivity contribution in [3.05, 3.63) is 34.9 Å². The maximum atomic E-state index is 11.3. The Labute approximate surface area is 132 Å². The van der Waals surface area contributed by atoms with E-state index in [2.05, 4.69) is 14.8 Å². The highest BCUT2D eigenvalue weighted by Gasteiger charge is 2.19. The van der Waals surface area contributed by atoms with Gasteiger partial charge in [-0.2, -0.15) is 0 Å². The Morgan fingerprint density at radius 1 is 1.23 bits per heavy atom. The molecule has 0 heterocycles. The van der Waals surface area contributed by atoms with E-state index in [9.17, 15) is 19.5 Å². The minimum absolute atomic E-state index is 0.0957. The monoisotopic (exact) mass is 329 g/mol. The predicted molar refractivity (Wildman–Crippen MR) is 77.6 cm³/mol. The zero-order valence-electron chi connectivity index (χ0n) is 11.9. The number of amides is 1. The molecular weight excluding hydrogens is 314 g/mol. The van der Waals surface area contributed by atoms with Gasteiger partial charge in [-0.25, -0.2) is 4.79 Å². The number of halogens is 1. The molecule has 120 valence electrons. The van der Waals surface area contributed by atoms with Crippen molar-refractivity contribution < 1.29 is 29.0 Å². The molecule has 1 amide bonds. The van der Waals surface area contributed by atoms with Gasteiger partial charge in [-0.15, -0.1) is 0 Å². The molecule has 0 fully saturated rings. The number of carbonyl (C=O) groups excluding carboxylic acids is 2. The van der Waals surface area contributed by atoms with Gasteiger partial charge in [0, 0.05) is 18.5 Å². The summed E-state index contributed by atoms with van der Waals surface area (Å²) in [6.07, 6.45) is -0.610. The van der Waals surface area contributed by atoms with Crippen LogP contribution in [0.2, 0.25) is 5.02 Å². The van der Waals surface area contributed by atoms with E-state index in [-0.39, 0.29) is 13.0 Å². The zero-order chi connectivity index (χ0) is 16.5. The zero-order valence-corrected chi connectivity index (χ0v) is 12.6. The van der Waals surface area contributed by atoms with E-state index in [4.69, 9.17) is 11.6 Å². The summed E-state index contributed by atoms with van der Waals surface area (Å²) < 4.78 is 8.99. The van der Waals surface area contributed by atoms with E-state index < -0.39 is 30.7 Å². The molecule has 2 N–H and O–H groups in total. The minimum Gasteiger partial charge on any atom is -0.481 e. The third-order valence-corrected chi connectivity index (χ3v) is 2.98. The highest BCUT2D eigenvalue weighted by atomic mass is 35.5. The van der Waals surface area contributed by atoms with Crippen LogP contribution in [0.1, 0.15) is 24.8 Å². The molecule has 22 heavy (non-hydrogen) atoms. The van der Waals surface area contributed by atoms with Crippen molar-refractivity contribution in [2.24, 2.45) is 0 Å². The molecule has 1 unspecified atom stereocenters. The largest absolute Gasteiger partial charge is 0.481 e. The van der Waals surface area contributed by atoms with Crippen molar-refractivity contribution >= 4 is 29.6 Å². The molecule has 1 aromatic carbocycles. The number of benzene rings is 1. The summed E-state index contributed by atoms with van der Waals surface area (Å²) in [7, 11) is 0. The fourth-order valence-corrected chi connectivity index (χ4v) is 1.79. The topological polar surface area (TPSA) is 102 Å².